The number of hydrogen-bond acceptors (Lipinski definition) is 1. The first kappa shape index (κ1) is 9.76. The van der Waals surface area contributed by atoms with E-state index in [0.717, 1.165) is 12.1 Å². The average Bonchev–Trinajstić information content (AvgIpc) is 2.09. The van der Waals surface area contributed by atoms with Gasteiger partial charge in [-0.15, -0.1) is 13.2 Å². The molecule has 11 heavy (non-hydrogen) atoms. The molecule has 1 heteroatoms. The molecule has 0 radical (unpaired) electrons. The van der Waals surface area contributed by atoms with Crippen LogP contribution in [0.3, 0.4) is 0 Å². The van der Waals surface area contributed by atoms with E-state index in [2.05, 4.69) is 26.1 Å². The Morgan fingerprint density at radius 1 is 1.27 bits per heavy atom. The van der Waals surface area contributed by atoms with E-state index in [9.17, 15) is 0 Å². The summed E-state index contributed by atoms with van der Waals surface area (Å²) < 4.78 is 0. The van der Waals surface area contributed by atoms with Crippen LogP contribution in [0.1, 0.15) is 12.5 Å². The topological polar surface area (TPSA) is 26.0 Å². The largest absolute Gasteiger partial charge is 0.399 e. The van der Waals surface area contributed by atoms with Crippen molar-refractivity contribution in [1.29, 1.82) is 0 Å². The molecule has 60 valence electrons. The minimum absolute atomic E-state index is 0.903. The smallest absolute Gasteiger partial charge is 0.0346 e. The van der Waals surface area contributed by atoms with Crippen molar-refractivity contribution in [1.82, 2.24) is 0 Å². The highest BCUT2D eigenvalue weighted by Gasteiger charge is 1.90. The Balaban J connectivity index is 0.000000461. The van der Waals surface area contributed by atoms with Gasteiger partial charge in [0.1, 0.15) is 0 Å². The molecule has 0 unspecified atom stereocenters. The van der Waals surface area contributed by atoms with Crippen LogP contribution in [0.5, 0.6) is 0 Å². The van der Waals surface area contributed by atoms with Gasteiger partial charge in [0.05, 0.1) is 0 Å². The Hall–Kier alpha value is -1.24. The standard InChI is InChI=1S/C8H11N.C2H4/c1-2-7-5-3-4-6-8(7)9;1-2/h3-6H,2,9H2,1H3;1-2H2. The van der Waals surface area contributed by atoms with Crippen molar-refractivity contribution in [3.63, 3.8) is 0 Å². The van der Waals surface area contributed by atoms with Crippen molar-refractivity contribution in [3.05, 3.63) is 43.0 Å². The lowest BCUT2D eigenvalue weighted by atomic mass is 10.1. The Labute approximate surface area is 68.5 Å². The third-order valence-electron chi connectivity index (χ3n) is 1.44. The lowest BCUT2D eigenvalue weighted by molar-refractivity contribution is 1.14. The number of aryl methyl sites for hydroxylation is 1. The first-order valence-corrected chi connectivity index (χ1v) is 3.68. The predicted molar refractivity (Wildman–Crippen MR) is 51.5 cm³/mol. The zero-order valence-electron chi connectivity index (χ0n) is 7.01. The van der Waals surface area contributed by atoms with Crippen LogP contribution < -0.4 is 5.73 Å². The second-order valence-corrected chi connectivity index (χ2v) is 2.05. The molecular formula is C10H15N. The highest BCUT2D eigenvalue weighted by atomic mass is 14.5. The molecule has 0 heterocycles. The molecule has 0 amide bonds. The van der Waals surface area contributed by atoms with Crippen LogP contribution >= 0.6 is 0 Å². The van der Waals surface area contributed by atoms with Crippen LogP contribution in [0.15, 0.2) is 37.4 Å². The van der Waals surface area contributed by atoms with Crippen molar-refractivity contribution in [2.75, 3.05) is 5.73 Å². The number of benzene rings is 1. The van der Waals surface area contributed by atoms with Gasteiger partial charge in [0.25, 0.3) is 0 Å². The van der Waals surface area contributed by atoms with Crippen LogP contribution in [0.2, 0.25) is 0 Å². The predicted octanol–water partition coefficient (Wildman–Crippen LogP) is 2.63. The number of hydrogen-bond donors (Lipinski definition) is 1. The van der Waals surface area contributed by atoms with Gasteiger partial charge < -0.3 is 5.73 Å². The van der Waals surface area contributed by atoms with Gasteiger partial charge in [0, 0.05) is 5.69 Å². The number of nitrogens with two attached hydrogens (primary N) is 1. The van der Waals surface area contributed by atoms with Gasteiger partial charge in [0.15, 0.2) is 0 Å². The van der Waals surface area contributed by atoms with E-state index >= 15 is 0 Å². The number of para-hydroxylation sites is 1. The third kappa shape index (κ3) is 2.89. The van der Waals surface area contributed by atoms with Crippen molar-refractivity contribution in [2.45, 2.75) is 13.3 Å². The van der Waals surface area contributed by atoms with Gasteiger partial charge in [-0.2, -0.15) is 0 Å². The van der Waals surface area contributed by atoms with Crippen LogP contribution in [0, 0.1) is 0 Å². The number of rotatable bonds is 1. The summed E-state index contributed by atoms with van der Waals surface area (Å²) in [7, 11) is 0. The van der Waals surface area contributed by atoms with E-state index in [1.807, 2.05) is 18.2 Å². The summed E-state index contributed by atoms with van der Waals surface area (Å²) >= 11 is 0. The molecule has 0 spiro atoms. The summed E-state index contributed by atoms with van der Waals surface area (Å²) in [5, 5.41) is 0. The van der Waals surface area contributed by atoms with Gasteiger partial charge in [0.2, 0.25) is 0 Å². The van der Waals surface area contributed by atoms with E-state index in [1.54, 1.807) is 0 Å². The van der Waals surface area contributed by atoms with E-state index < -0.39 is 0 Å². The molecular weight excluding hydrogens is 134 g/mol. The molecule has 0 fully saturated rings. The summed E-state index contributed by atoms with van der Waals surface area (Å²) in [4.78, 5) is 0. The van der Waals surface area contributed by atoms with Crippen LogP contribution in [-0.2, 0) is 6.42 Å². The lowest BCUT2D eigenvalue weighted by Crippen LogP contribution is -1.90. The highest BCUT2D eigenvalue weighted by molar-refractivity contribution is 5.46. The van der Waals surface area contributed by atoms with E-state index in [1.165, 1.54) is 5.56 Å². The summed E-state index contributed by atoms with van der Waals surface area (Å²) in [6.45, 7) is 8.10. The van der Waals surface area contributed by atoms with Crippen molar-refractivity contribution < 1.29 is 0 Å². The average molecular weight is 149 g/mol. The van der Waals surface area contributed by atoms with E-state index in [-0.39, 0.29) is 0 Å². The maximum Gasteiger partial charge on any atom is 0.0346 e. The molecule has 0 aliphatic rings. The normalized spacial score (nSPS) is 8.09. The van der Waals surface area contributed by atoms with Crippen LogP contribution in [-0.4, -0.2) is 0 Å². The maximum atomic E-state index is 5.63. The van der Waals surface area contributed by atoms with E-state index in [0.29, 0.717) is 0 Å². The van der Waals surface area contributed by atoms with Crippen LogP contribution in [0.25, 0.3) is 0 Å². The molecule has 0 saturated heterocycles. The molecule has 1 nitrogen and oxygen atoms in total. The fourth-order valence-electron chi connectivity index (χ4n) is 0.856. The highest BCUT2D eigenvalue weighted by Crippen LogP contribution is 2.09. The first-order valence-electron chi connectivity index (χ1n) is 3.68. The Morgan fingerprint density at radius 2 is 1.82 bits per heavy atom. The van der Waals surface area contributed by atoms with E-state index in [4.69, 9.17) is 5.73 Å². The molecule has 1 rings (SSSR count). The van der Waals surface area contributed by atoms with Crippen molar-refractivity contribution >= 4 is 5.69 Å². The SMILES string of the molecule is C=C.CCc1ccccc1N. The molecule has 1 aromatic rings. The summed E-state index contributed by atoms with van der Waals surface area (Å²) in [5.74, 6) is 0. The molecule has 1 aromatic carbocycles. The Morgan fingerprint density at radius 3 is 2.18 bits per heavy atom. The Kier molecular flexibility index (Phi) is 4.91. The van der Waals surface area contributed by atoms with Crippen molar-refractivity contribution in [3.8, 4) is 0 Å². The zero-order valence-corrected chi connectivity index (χ0v) is 7.01. The molecule has 0 saturated carbocycles. The fourth-order valence-corrected chi connectivity index (χ4v) is 0.856. The zero-order chi connectivity index (χ0) is 8.69. The van der Waals surface area contributed by atoms with Crippen molar-refractivity contribution in [2.24, 2.45) is 0 Å². The Bertz CT molecular complexity index is 206. The molecule has 0 bridgehead atoms. The first-order chi connectivity index (χ1) is 5.34. The summed E-state index contributed by atoms with van der Waals surface area (Å²) in [6, 6.07) is 7.94. The maximum absolute atomic E-state index is 5.63. The lowest BCUT2D eigenvalue weighted by Gasteiger charge is -1.98. The molecule has 0 aliphatic heterocycles. The van der Waals surface area contributed by atoms with Gasteiger partial charge >= 0.3 is 0 Å². The minimum atomic E-state index is 0.903. The molecule has 0 aliphatic carbocycles. The van der Waals surface area contributed by atoms with Crippen LogP contribution in [0.4, 0.5) is 5.69 Å². The number of anilines is 1. The summed E-state index contributed by atoms with van der Waals surface area (Å²) in [5.41, 5.74) is 7.77. The van der Waals surface area contributed by atoms with Gasteiger partial charge in [-0.05, 0) is 18.1 Å². The quantitative estimate of drug-likeness (QED) is 0.482. The number of nitrogen functional groups attached to an aromatic ring is 1. The van der Waals surface area contributed by atoms with Gasteiger partial charge in [-0.1, -0.05) is 25.1 Å². The molecule has 0 atom stereocenters. The van der Waals surface area contributed by atoms with Gasteiger partial charge in [-0.25, -0.2) is 0 Å². The molecule has 0 aromatic heterocycles. The molecule has 2 N–H and O–H groups in total. The fraction of sp³-hybridized carbons (Fsp3) is 0.200. The second kappa shape index (κ2) is 5.54. The second-order valence-electron chi connectivity index (χ2n) is 2.05. The van der Waals surface area contributed by atoms with Gasteiger partial charge in [-0.3, -0.25) is 0 Å². The third-order valence-corrected chi connectivity index (χ3v) is 1.44. The minimum Gasteiger partial charge on any atom is -0.399 e. The summed E-state index contributed by atoms with van der Waals surface area (Å²) in [6.07, 6.45) is 1.02. The monoisotopic (exact) mass is 149 g/mol.